The lowest BCUT2D eigenvalue weighted by Crippen LogP contribution is -2.49. The molecule has 3 aromatic carbocycles. The first-order chi connectivity index (χ1) is 16.1. The second-order valence-corrected chi connectivity index (χ2v) is 8.74. The van der Waals surface area contributed by atoms with Crippen molar-refractivity contribution in [1.82, 2.24) is 4.90 Å². The van der Waals surface area contributed by atoms with Crippen molar-refractivity contribution >= 4 is 11.1 Å². The molecule has 0 radical (unpaired) electrons. The molecule has 2 heterocycles. The van der Waals surface area contributed by atoms with E-state index >= 15 is 0 Å². The van der Waals surface area contributed by atoms with Crippen LogP contribution in [0.1, 0.15) is 29.7 Å². The summed E-state index contributed by atoms with van der Waals surface area (Å²) >= 11 is 0. The second kappa shape index (κ2) is 9.36. The summed E-state index contributed by atoms with van der Waals surface area (Å²) in [6, 6.07) is 22.7. The van der Waals surface area contributed by atoms with Crippen molar-refractivity contribution in [2.45, 2.75) is 13.0 Å². The third kappa shape index (κ3) is 4.51. The van der Waals surface area contributed by atoms with Crippen molar-refractivity contribution < 1.29 is 18.3 Å². The van der Waals surface area contributed by atoms with E-state index in [1.807, 2.05) is 49.4 Å². The molecule has 0 amide bonds. The number of fused-ring (bicyclic) bond motifs is 1. The minimum atomic E-state index is -0.307. The third-order valence-corrected chi connectivity index (χ3v) is 6.45. The van der Waals surface area contributed by atoms with Crippen LogP contribution in [-0.2, 0) is 0 Å². The van der Waals surface area contributed by atoms with Gasteiger partial charge in [0, 0.05) is 36.7 Å². The van der Waals surface area contributed by atoms with Gasteiger partial charge in [0.25, 0.3) is 0 Å². The predicted molar refractivity (Wildman–Crippen MR) is 127 cm³/mol. The molecule has 0 bridgehead atoms. The van der Waals surface area contributed by atoms with E-state index < -0.39 is 0 Å². The lowest BCUT2D eigenvalue weighted by molar-refractivity contribution is 0.0668. The number of ether oxygens (including phenoxy) is 2. The van der Waals surface area contributed by atoms with E-state index in [0.717, 1.165) is 53.2 Å². The van der Waals surface area contributed by atoms with Gasteiger partial charge in [-0.1, -0.05) is 42.5 Å². The number of likely N-dealkylation sites (tertiary alicyclic amines) is 1. The average Bonchev–Trinajstić information content (AvgIpc) is 2.82. The van der Waals surface area contributed by atoms with Crippen molar-refractivity contribution in [2.75, 3.05) is 32.9 Å². The van der Waals surface area contributed by atoms with Gasteiger partial charge in [0.2, 0.25) is 0 Å². The molecule has 0 unspecified atom stereocenters. The van der Waals surface area contributed by atoms with Crippen LogP contribution in [0.3, 0.4) is 0 Å². The van der Waals surface area contributed by atoms with Gasteiger partial charge in [0.15, 0.2) is 0 Å². The normalized spacial score (nSPS) is 18.5. The highest BCUT2D eigenvalue weighted by molar-refractivity contribution is 5.95. The minimum Gasteiger partial charge on any atom is -0.492 e. The number of alkyl halides is 1. The van der Waals surface area contributed by atoms with E-state index in [-0.39, 0.29) is 24.5 Å². The van der Waals surface area contributed by atoms with Crippen LogP contribution in [0.4, 0.5) is 8.78 Å². The fraction of sp³-hybridized carbons (Fsp3) is 0.286. The molecule has 3 nitrogen and oxygen atoms in total. The molecular weight excluding hydrogens is 420 g/mol. The van der Waals surface area contributed by atoms with Crippen molar-refractivity contribution in [3.05, 3.63) is 95.3 Å². The minimum absolute atomic E-state index is 0.191. The summed E-state index contributed by atoms with van der Waals surface area (Å²) in [6.45, 7) is 4.80. The van der Waals surface area contributed by atoms with Crippen LogP contribution >= 0.6 is 0 Å². The zero-order chi connectivity index (χ0) is 22.8. The molecular formula is C28H27F2NO2. The van der Waals surface area contributed by atoms with Gasteiger partial charge in [-0.25, -0.2) is 4.39 Å². The Morgan fingerprint density at radius 2 is 1.76 bits per heavy atom. The molecule has 0 saturated carbocycles. The van der Waals surface area contributed by atoms with Crippen LogP contribution in [0.15, 0.2) is 72.8 Å². The molecule has 2 aliphatic rings. The Kier molecular flexibility index (Phi) is 6.14. The Hall–Kier alpha value is -3.18. The first-order valence-corrected chi connectivity index (χ1v) is 11.4. The highest BCUT2D eigenvalue weighted by atomic mass is 19.1. The lowest BCUT2D eigenvalue weighted by Gasteiger charge is -2.37. The Balaban J connectivity index is 1.36. The lowest BCUT2D eigenvalue weighted by atomic mass is 9.86. The van der Waals surface area contributed by atoms with Crippen molar-refractivity contribution in [3.8, 4) is 11.5 Å². The zero-order valence-corrected chi connectivity index (χ0v) is 18.6. The maximum atomic E-state index is 14.0. The van der Waals surface area contributed by atoms with Crippen LogP contribution in [0.25, 0.3) is 11.1 Å². The molecule has 33 heavy (non-hydrogen) atoms. The molecule has 3 aromatic rings. The SMILES string of the molecule is CC1=C(c2ccccc2)[C@@H](c2ccc(OCCN3CC(CF)C3)cc2)Oc2ccc(F)cc21. The summed E-state index contributed by atoms with van der Waals surface area (Å²) in [7, 11) is 0. The number of hydrogen-bond acceptors (Lipinski definition) is 3. The van der Waals surface area contributed by atoms with Crippen LogP contribution in [0.2, 0.25) is 0 Å². The Labute approximate surface area is 193 Å². The van der Waals surface area contributed by atoms with Crippen molar-refractivity contribution in [2.24, 2.45) is 5.92 Å². The molecule has 1 atom stereocenters. The maximum Gasteiger partial charge on any atom is 0.150 e. The van der Waals surface area contributed by atoms with E-state index in [0.29, 0.717) is 12.4 Å². The monoisotopic (exact) mass is 447 g/mol. The number of halogens is 2. The zero-order valence-electron chi connectivity index (χ0n) is 18.6. The van der Waals surface area contributed by atoms with Gasteiger partial charge in [-0.15, -0.1) is 0 Å². The summed E-state index contributed by atoms with van der Waals surface area (Å²) in [4.78, 5) is 2.20. The summed E-state index contributed by atoms with van der Waals surface area (Å²) < 4.78 is 38.8. The summed E-state index contributed by atoms with van der Waals surface area (Å²) in [5.41, 5.74) is 4.88. The summed E-state index contributed by atoms with van der Waals surface area (Å²) in [6.07, 6.45) is -0.307. The Bertz CT molecular complexity index is 1140. The molecule has 1 saturated heterocycles. The fourth-order valence-corrected chi connectivity index (χ4v) is 4.63. The molecule has 0 N–H and O–H groups in total. The van der Waals surface area contributed by atoms with E-state index in [4.69, 9.17) is 9.47 Å². The Morgan fingerprint density at radius 1 is 1.00 bits per heavy atom. The highest BCUT2D eigenvalue weighted by Gasteiger charge is 2.29. The van der Waals surface area contributed by atoms with Gasteiger partial charge in [-0.2, -0.15) is 0 Å². The maximum absolute atomic E-state index is 14.0. The first kappa shape index (κ1) is 21.7. The first-order valence-electron chi connectivity index (χ1n) is 11.4. The van der Waals surface area contributed by atoms with Gasteiger partial charge in [0.05, 0.1) is 6.67 Å². The van der Waals surface area contributed by atoms with Gasteiger partial charge < -0.3 is 9.47 Å². The average molecular weight is 448 g/mol. The van der Waals surface area contributed by atoms with Crippen molar-refractivity contribution in [3.63, 3.8) is 0 Å². The van der Waals surface area contributed by atoms with E-state index in [2.05, 4.69) is 17.0 Å². The van der Waals surface area contributed by atoms with Crippen LogP contribution in [0.5, 0.6) is 11.5 Å². The molecule has 5 rings (SSSR count). The number of allylic oxidation sites excluding steroid dienone is 1. The highest BCUT2D eigenvalue weighted by Crippen LogP contribution is 2.46. The largest absolute Gasteiger partial charge is 0.492 e. The Morgan fingerprint density at radius 3 is 2.48 bits per heavy atom. The molecule has 2 aliphatic heterocycles. The van der Waals surface area contributed by atoms with E-state index in [9.17, 15) is 8.78 Å². The molecule has 0 spiro atoms. The van der Waals surface area contributed by atoms with Crippen molar-refractivity contribution in [1.29, 1.82) is 0 Å². The molecule has 170 valence electrons. The molecule has 5 heteroatoms. The van der Waals surface area contributed by atoms with E-state index in [1.165, 1.54) is 12.1 Å². The molecule has 0 aliphatic carbocycles. The molecule has 0 aromatic heterocycles. The number of rotatable bonds is 7. The smallest absolute Gasteiger partial charge is 0.150 e. The van der Waals surface area contributed by atoms with Crippen LogP contribution in [-0.4, -0.2) is 37.8 Å². The third-order valence-electron chi connectivity index (χ3n) is 6.45. The number of nitrogens with zero attached hydrogens (tertiary/aromatic N) is 1. The summed E-state index contributed by atoms with van der Waals surface area (Å²) in [5.74, 6) is 1.39. The van der Waals surface area contributed by atoms with Gasteiger partial charge in [-0.3, -0.25) is 9.29 Å². The molecule has 1 fully saturated rings. The quantitative estimate of drug-likeness (QED) is 0.432. The predicted octanol–water partition coefficient (Wildman–Crippen LogP) is 6.17. The second-order valence-electron chi connectivity index (χ2n) is 8.74. The van der Waals surface area contributed by atoms with Crippen LogP contribution < -0.4 is 9.47 Å². The van der Waals surface area contributed by atoms with Gasteiger partial charge in [-0.05, 0) is 54.0 Å². The fourth-order valence-electron chi connectivity index (χ4n) is 4.63. The van der Waals surface area contributed by atoms with Crippen LogP contribution in [0, 0.1) is 11.7 Å². The standard InChI is InChI=1S/C28H27F2NO2/c1-19-25-15-23(30)9-12-26(25)33-28(27(19)21-5-3-2-4-6-21)22-7-10-24(11-8-22)32-14-13-31-17-20(16-29)18-31/h2-12,15,20,28H,13-14,16-18H2,1H3/t28-/m1/s1. The topological polar surface area (TPSA) is 21.7 Å². The van der Waals surface area contributed by atoms with E-state index in [1.54, 1.807) is 6.07 Å². The van der Waals surface area contributed by atoms with Gasteiger partial charge >= 0.3 is 0 Å². The van der Waals surface area contributed by atoms with Gasteiger partial charge in [0.1, 0.15) is 30.0 Å². The summed E-state index contributed by atoms with van der Waals surface area (Å²) in [5, 5.41) is 0. The number of benzene rings is 3. The number of hydrogen-bond donors (Lipinski definition) is 0.